The van der Waals surface area contributed by atoms with E-state index >= 15 is 0 Å². The van der Waals surface area contributed by atoms with Gasteiger partial charge in [-0.2, -0.15) is 4.31 Å². The number of piperazine rings is 1. The zero-order valence-electron chi connectivity index (χ0n) is 15.2. The first-order chi connectivity index (χ1) is 13.5. The summed E-state index contributed by atoms with van der Waals surface area (Å²) in [4.78, 5) is 6.85. The Morgan fingerprint density at radius 1 is 0.964 bits per heavy atom. The van der Waals surface area contributed by atoms with Gasteiger partial charge >= 0.3 is 0 Å². The van der Waals surface area contributed by atoms with E-state index < -0.39 is 10.0 Å². The molecule has 0 bridgehead atoms. The van der Waals surface area contributed by atoms with Crippen molar-refractivity contribution in [2.45, 2.75) is 11.4 Å². The lowest BCUT2D eigenvalue weighted by Gasteiger charge is -2.33. The van der Waals surface area contributed by atoms with E-state index in [4.69, 9.17) is 4.42 Å². The van der Waals surface area contributed by atoms with Gasteiger partial charge in [-0.1, -0.05) is 46.3 Å². The average Bonchev–Trinajstić information content (AvgIpc) is 3.18. The molecular formula is C20H20BrN3O3S. The first-order valence-corrected chi connectivity index (χ1v) is 11.2. The zero-order chi connectivity index (χ0) is 19.6. The Morgan fingerprint density at radius 2 is 1.64 bits per heavy atom. The number of nitrogens with zero attached hydrogens (tertiary/aromatic N) is 3. The number of aromatic nitrogens is 1. The monoisotopic (exact) mass is 461 g/mol. The highest BCUT2D eigenvalue weighted by atomic mass is 79.9. The highest BCUT2D eigenvalue weighted by molar-refractivity contribution is 9.10. The normalized spacial score (nSPS) is 16.3. The number of benzene rings is 2. The fourth-order valence-corrected chi connectivity index (χ4v) is 4.88. The highest BCUT2D eigenvalue weighted by Gasteiger charge is 2.28. The molecule has 0 spiro atoms. The van der Waals surface area contributed by atoms with Gasteiger partial charge in [0.05, 0.1) is 17.6 Å². The molecule has 0 aliphatic carbocycles. The van der Waals surface area contributed by atoms with E-state index in [1.807, 2.05) is 30.3 Å². The van der Waals surface area contributed by atoms with Crippen LogP contribution in [-0.4, -0.2) is 48.8 Å². The van der Waals surface area contributed by atoms with E-state index in [9.17, 15) is 8.42 Å². The van der Waals surface area contributed by atoms with Crippen LogP contribution < -0.4 is 0 Å². The summed E-state index contributed by atoms with van der Waals surface area (Å²) in [5, 5.41) is 0. The number of oxazole rings is 1. The fraction of sp³-hybridized carbons (Fsp3) is 0.250. The van der Waals surface area contributed by atoms with Gasteiger partial charge in [0.25, 0.3) is 0 Å². The zero-order valence-corrected chi connectivity index (χ0v) is 17.6. The van der Waals surface area contributed by atoms with Crippen molar-refractivity contribution in [2.24, 2.45) is 0 Å². The van der Waals surface area contributed by atoms with Gasteiger partial charge in [0.2, 0.25) is 15.9 Å². The van der Waals surface area contributed by atoms with Crippen molar-refractivity contribution >= 4 is 26.0 Å². The molecule has 28 heavy (non-hydrogen) atoms. The number of hydrogen-bond donors (Lipinski definition) is 0. The van der Waals surface area contributed by atoms with Crippen LogP contribution in [0, 0.1) is 0 Å². The van der Waals surface area contributed by atoms with Gasteiger partial charge in [-0.05, 0) is 24.3 Å². The lowest BCUT2D eigenvalue weighted by atomic mass is 10.2. The third-order valence-electron chi connectivity index (χ3n) is 4.75. The number of rotatable bonds is 5. The Kier molecular flexibility index (Phi) is 5.63. The largest absolute Gasteiger partial charge is 0.439 e. The summed E-state index contributed by atoms with van der Waals surface area (Å²) in [7, 11) is -3.46. The molecule has 1 fully saturated rings. The Hall–Kier alpha value is -2.00. The standard InChI is InChI=1S/C20H20BrN3O3S/c21-17-6-8-18(9-7-17)28(25,26)24-12-10-23(11-13-24)15-20-22-14-19(27-20)16-4-2-1-3-5-16/h1-9,14H,10-13,15H2. The molecule has 1 saturated heterocycles. The summed E-state index contributed by atoms with van der Waals surface area (Å²) in [5.74, 6) is 1.38. The summed E-state index contributed by atoms with van der Waals surface area (Å²) in [5.41, 5.74) is 0.992. The molecule has 1 aliphatic heterocycles. The number of sulfonamides is 1. The van der Waals surface area contributed by atoms with Crippen LogP contribution in [0.2, 0.25) is 0 Å². The van der Waals surface area contributed by atoms with Crippen LogP contribution in [0.4, 0.5) is 0 Å². The lowest BCUT2D eigenvalue weighted by Crippen LogP contribution is -2.48. The smallest absolute Gasteiger partial charge is 0.243 e. The Labute approximate surface area is 173 Å². The third-order valence-corrected chi connectivity index (χ3v) is 7.19. The van der Waals surface area contributed by atoms with Crippen LogP contribution in [0.5, 0.6) is 0 Å². The van der Waals surface area contributed by atoms with E-state index in [0.29, 0.717) is 43.5 Å². The molecule has 8 heteroatoms. The SMILES string of the molecule is O=S(=O)(c1ccc(Br)cc1)N1CCN(Cc2ncc(-c3ccccc3)o2)CC1. The van der Waals surface area contributed by atoms with Crippen molar-refractivity contribution in [2.75, 3.05) is 26.2 Å². The quantitative estimate of drug-likeness (QED) is 0.580. The molecule has 146 valence electrons. The summed E-state index contributed by atoms with van der Waals surface area (Å²) in [6, 6.07) is 16.6. The second-order valence-electron chi connectivity index (χ2n) is 6.62. The van der Waals surface area contributed by atoms with Crippen LogP contribution in [0.1, 0.15) is 5.89 Å². The minimum Gasteiger partial charge on any atom is -0.439 e. The van der Waals surface area contributed by atoms with Crippen LogP contribution in [0.3, 0.4) is 0 Å². The molecule has 1 aromatic heterocycles. The Morgan fingerprint density at radius 3 is 2.32 bits per heavy atom. The summed E-state index contributed by atoms with van der Waals surface area (Å²) in [6.45, 7) is 2.74. The maximum absolute atomic E-state index is 12.8. The predicted molar refractivity (Wildman–Crippen MR) is 110 cm³/mol. The Balaban J connectivity index is 1.37. The molecule has 2 aromatic carbocycles. The molecule has 0 amide bonds. The lowest BCUT2D eigenvalue weighted by molar-refractivity contribution is 0.168. The van der Waals surface area contributed by atoms with E-state index in [0.717, 1.165) is 15.8 Å². The van der Waals surface area contributed by atoms with Gasteiger partial charge in [0, 0.05) is 36.2 Å². The van der Waals surface area contributed by atoms with Gasteiger partial charge in [-0.25, -0.2) is 13.4 Å². The molecule has 4 rings (SSSR count). The molecule has 0 radical (unpaired) electrons. The second-order valence-corrected chi connectivity index (χ2v) is 9.47. The first kappa shape index (κ1) is 19.3. The van der Waals surface area contributed by atoms with E-state index in [1.165, 1.54) is 4.31 Å². The summed E-state index contributed by atoms with van der Waals surface area (Å²) >= 11 is 3.33. The van der Waals surface area contributed by atoms with Crippen molar-refractivity contribution in [1.29, 1.82) is 0 Å². The molecule has 0 N–H and O–H groups in total. The molecule has 2 heterocycles. The van der Waals surface area contributed by atoms with E-state index in [2.05, 4.69) is 25.8 Å². The molecule has 6 nitrogen and oxygen atoms in total. The van der Waals surface area contributed by atoms with Crippen molar-refractivity contribution in [3.8, 4) is 11.3 Å². The van der Waals surface area contributed by atoms with Crippen LogP contribution >= 0.6 is 15.9 Å². The first-order valence-electron chi connectivity index (χ1n) is 9.00. The minimum atomic E-state index is -3.46. The van der Waals surface area contributed by atoms with Crippen molar-refractivity contribution in [3.63, 3.8) is 0 Å². The van der Waals surface area contributed by atoms with E-state index in [-0.39, 0.29) is 0 Å². The van der Waals surface area contributed by atoms with Crippen LogP contribution in [0.15, 0.2) is 74.6 Å². The summed E-state index contributed by atoms with van der Waals surface area (Å²) in [6.07, 6.45) is 1.74. The van der Waals surface area contributed by atoms with Gasteiger partial charge in [-0.15, -0.1) is 0 Å². The number of halogens is 1. The van der Waals surface area contributed by atoms with Crippen molar-refractivity contribution in [3.05, 3.63) is 71.2 Å². The predicted octanol–water partition coefficient (Wildman–Crippen LogP) is 3.61. The molecular weight excluding hydrogens is 442 g/mol. The maximum atomic E-state index is 12.8. The topological polar surface area (TPSA) is 66.7 Å². The molecule has 0 saturated carbocycles. The van der Waals surface area contributed by atoms with Crippen LogP contribution in [0.25, 0.3) is 11.3 Å². The number of hydrogen-bond acceptors (Lipinski definition) is 5. The average molecular weight is 462 g/mol. The van der Waals surface area contributed by atoms with Gasteiger partial charge in [0.15, 0.2) is 5.76 Å². The van der Waals surface area contributed by atoms with Crippen molar-refractivity contribution in [1.82, 2.24) is 14.2 Å². The highest BCUT2D eigenvalue weighted by Crippen LogP contribution is 2.22. The Bertz CT molecular complexity index is 1030. The van der Waals surface area contributed by atoms with E-state index in [1.54, 1.807) is 30.5 Å². The van der Waals surface area contributed by atoms with Crippen molar-refractivity contribution < 1.29 is 12.8 Å². The maximum Gasteiger partial charge on any atom is 0.243 e. The van der Waals surface area contributed by atoms with Gasteiger partial charge in [0.1, 0.15) is 0 Å². The second kappa shape index (κ2) is 8.16. The van der Waals surface area contributed by atoms with Crippen LogP contribution in [-0.2, 0) is 16.6 Å². The van der Waals surface area contributed by atoms with Gasteiger partial charge < -0.3 is 4.42 Å². The molecule has 1 aliphatic rings. The minimum absolute atomic E-state index is 0.323. The summed E-state index contributed by atoms with van der Waals surface area (Å²) < 4.78 is 33.8. The fourth-order valence-electron chi connectivity index (χ4n) is 3.19. The molecule has 3 aromatic rings. The molecule has 0 unspecified atom stereocenters. The molecule has 0 atom stereocenters. The third kappa shape index (κ3) is 4.20. The van der Waals surface area contributed by atoms with Gasteiger partial charge in [-0.3, -0.25) is 4.90 Å².